The van der Waals surface area contributed by atoms with E-state index in [1.54, 1.807) is 0 Å². The average molecular weight is 224 g/mol. The monoisotopic (exact) mass is 224 g/mol. The summed E-state index contributed by atoms with van der Waals surface area (Å²) in [5, 5.41) is 6.33. The van der Waals surface area contributed by atoms with E-state index in [4.69, 9.17) is 0 Å². The van der Waals surface area contributed by atoms with Gasteiger partial charge in [-0.1, -0.05) is 26.0 Å². The van der Waals surface area contributed by atoms with Crippen LogP contribution in [0.1, 0.15) is 40.0 Å². The van der Waals surface area contributed by atoms with Crippen LogP contribution in [0.3, 0.4) is 0 Å². The Morgan fingerprint density at radius 2 is 2.12 bits per heavy atom. The van der Waals surface area contributed by atoms with Gasteiger partial charge in [0.1, 0.15) is 0 Å². The van der Waals surface area contributed by atoms with Gasteiger partial charge in [0.15, 0.2) is 0 Å². The Hall–Kier alpha value is -0.830. The maximum absolute atomic E-state index is 11.7. The van der Waals surface area contributed by atoms with Crippen molar-refractivity contribution in [2.24, 2.45) is 5.92 Å². The molecule has 0 aliphatic heterocycles. The molecule has 1 rings (SSSR count). The van der Waals surface area contributed by atoms with Gasteiger partial charge in [0, 0.05) is 12.6 Å². The van der Waals surface area contributed by atoms with Gasteiger partial charge in [0.2, 0.25) is 5.91 Å². The molecule has 0 saturated carbocycles. The van der Waals surface area contributed by atoms with E-state index in [2.05, 4.69) is 36.6 Å². The second-order valence-electron chi connectivity index (χ2n) is 5.01. The van der Waals surface area contributed by atoms with Crippen LogP contribution in [-0.4, -0.2) is 24.5 Å². The second-order valence-corrected chi connectivity index (χ2v) is 5.01. The summed E-state index contributed by atoms with van der Waals surface area (Å²) in [7, 11) is 0. The number of rotatable bonds is 5. The molecule has 2 N–H and O–H groups in total. The zero-order valence-corrected chi connectivity index (χ0v) is 10.6. The third-order valence-corrected chi connectivity index (χ3v) is 2.83. The maximum Gasteiger partial charge on any atom is 0.236 e. The normalized spacial score (nSPS) is 22.1. The largest absolute Gasteiger partial charge is 0.354 e. The third-order valence-electron chi connectivity index (χ3n) is 2.83. The number of carbonyl (C=O) groups excluding carboxylic acids is 1. The lowest BCUT2D eigenvalue weighted by atomic mass is 10.0. The van der Waals surface area contributed by atoms with E-state index in [9.17, 15) is 4.79 Å². The molecule has 2 unspecified atom stereocenters. The zero-order chi connectivity index (χ0) is 12.0. The molecule has 2 atom stereocenters. The molecule has 0 bridgehead atoms. The highest BCUT2D eigenvalue weighted by atomic mass is 16.2. The number of hydrogen-bond acceptors (Lipinski definition) is 2. The maximum atomic E-state index is 11.7. The topological polar surface area (TPSA) is 41.1 Å². The summed E-state index contributed by atoms with van der Waals surface area (Å²) in [6.45, 7) is 6.90. The van der Waals surface area contributed by atoms with Crippen LogP contribution >= 0.6 is 0 Å². The molecule has 1 amide bonds. The fourth-order valence-electron chi connectivity index (χ4n) is 1.83. The Morgan fingerprint density at radius 3 is 2.69 bits per heavy atom. The minimum absolute atomic E-state index is 0.0877. The second kappa shape index (κ2) is 6.69. The van der Waals surface area contributed by atoms with E-state index in [1.165, 1.54) is 0 Å². The average Bonchev–Trinajstić information content (AvgIpc) is 2.27. The van der Waals surface area contributed by atoms with Crippen LogP contribution in [-0.2, 0) is 4.79 Å². The van der Waals surface area contributed by atoms with Crippen LogP contribution in [0.25, 0.3) is 0 Å². The summed E-state index contributed by atoms with van der Waals surface area (Å²) in [6, 6.07) is 0.375. The lowest BCUT2D eigenvalue weighted by molar-refractivity contribution is -0.123. The molecule has 0 spiro atoms. The highest BCUT2D eigenvalue weighted by Gasteiger charge is 2.17. The first-order valence-electron chi connectivity index (χ1n) is 6.28. The molecule has 3 nitrogen and oxygen atoms in total. The number of carbonyl (C=O) groups is 1. The lowest BCUT2D eigenvalue weighted by Gasteiger charge is -2.23. The Bertz CT molecular complexity index is 248. The number of allylic oxidation sites excluding steroid dienone is 1. The molecular weight excluding hydrogens is 200 g/mol. The van der Waals surface area contributed by atoms with Crippen LogP contribution in [0, 0.1) is 5.92 Å². The minimum Gasteiger partial charge on any atom is -0.354 e. The zero-order valence-electron chi connectivity index (χ0n) is 10.6. The summed E-state index contributed by atoms with van der Waals surface area (Å²) in [6.07, 6.45) is 7.71. The summed E-state index contributed by atoms with van der Waals surface area (Å²) in [5.41, 5.74) is 0. The Morgan fingerprint density at radius 1 is 1.38 bits per heavy atom. The predicted molar refractivity (Wildman–Crippen MR) is 67.2 cm³/mol. The lowest BCUT2D eigenvalue weighted by Crippen LogP contribution is -2.47. The van der Waals surface area contributed by atoms with Crippen molar-refractivity contribution < 1.29 is 4.79 Å². The quantitative estimate of drug-likeness (QED) is 0.700. The van der Waals surface area contributed by atoms with Crippen molar-refractivity contribution in [1.29, 1.82) is 0 Å². The van der Waals surface area contributed by atoms with Crippen molar-refractivity contribution in [2.75, 3.05) is 6.54 Å². The summed E-state index contributed by atoms with van der Waals surface area (Å²) in [4.78, 5) is 11.7. The van der Waals surface area contributed by atoms with Crippen molar-refractivity contribution in [3.05, 3.63) is 12.2 Å². The summed E-state index contributed by atoms with van der Waals surface area (Å²) in [5.74, 6) is 0.622. The van der Waals surface area contributed by atoms with E-state index in [0.717, 1.165) is 25.8 Å². The van der Waals surface area contributed by atoms with E-state index < -0.39 is 0 Å². The molecule has 0 saturated heterocycles. The molecule has 3 heteroatoms. The number of nitrogens with one attached hydrogen (secondary N) is 2. The van der Waals surface area contributed by atoms with Crippen molar-refractivity contribution in [2.45, 2.75) is 52.1 Å². The molecule has 1 aliphatic rings. The van der Waals surface area contributed by atoms with Gasteiger partial charge in [0.05, 0.1) is 6.04 Å². The van der Waals surface area contributed by atoms with Crippen molar-refractivity contribution in [3.63, 3.8) is 0 Å². The van der Waals surface area contributed by atoms with Crippen LogP contribution < -0.4 is 10.6 Å². The van der Waals surface area contributed by atoms with E-state index in [-0.39, 0.29) is 11.9 Å². The van der Waals surface area contributed by atoms with Gasteiger partial charge in [-0.25, -0.2) is 0 Å². The number of hydrogen-bond donors (Lipinski definition) is 2. The Kier molecular flexibility index (Phi) is 5.53. The van der Waals surface area contributed by atoms with Gasteiger partial charge in [-0.2, -0.15) is 0 Å². The predicted octanol–water partition coefficient (Wildman–Crippen LogP) is 1.85. The molecule has 0 radical (unpaired) electrons. The van der Waals surface area contributed by atoms with Gasteiger partial charge in [-0.3, -0.25) is 4.79 Å². The van der Waals surface area contributed by atoms with Gasteiger partial charge >= 0.3 is 0 Å². The first kappa shape index (κ1) is 13.2. The van der Waals surface area contributed by atoms with Crippen LogP contribution in [0.15, 0.2) is 12.2 Å². The van der Waals surface area contributed by atoms with Crippen molar-refractivity contribution in [1.82, 2.24) is 10.6 Å². The van der Waals surface area contributed by atoms with E-state index in [1.807, 2.05) is 6.92 Å². The molecule has 0 aromatic rings. The molecule has 0 fully saturated rings. The highest BCUT2D eigenvalue weighted by molar-refractivity contribution is 5.81. The summed E-state index contributed by atoms with van der Waals surface area (Å²) < 4.78 is 0. The van der Waals surface area contributed by atoms with Gasteiger partial charge < -0.3 is 10.6 Å². The van der Waals surface area contributed by atoms with Crippen LogP contribution in [0.2, 0.25) is 0 Å². The standard InChI is InChI=1S/C13H24N2O/c1-10(2)9-14-13(16)11(3)15-12-7-5-4-6-8-12/h4-5,10-12,15H,6-9H2,1-3H3,(H,14,16). The first-order chi connectivity index (χ1) is 7.59. The van der Waals surface area contributed by atoms with Gasteiger partial charge in [0.25, 0.3) is 0 Å². The fraction of sp³-hybridized carbons (Fsp3) is 0.769. The molecule has 0 aromatic heterocycles. The van der Waals surface area contributed by atoms with Crippen LogP contribution in [0.4, 0.5) is 0 Å². The van der Waals surface area contributed by atoms with E-state index >= 15 is 0 Å². The molecule has 16 heavy (non-hydrogen) atoms. The minimum atomic E-state index is -0.0877. The molecule has 1 aliphatic carbocycles. The highest BCUT2D eigenvalue weighted by Crippen LogP contribution is 2.11. The van der Waals surface area contributed by atoms with Gasteiger partial charge in [-0.15, -0.1) is 0 Å². The fourth-order valence-corrected chi connectivity index (χ4v) is 1.83. The Labute approximate surface area is 98.7 Å². The van der Waals surface area contributed by atoms with Gasteiger partial charge in [-0.05, 0) is 32.1 Å². The van der Waals surface area contributed by atoms with Crippen molar-refractivity contribution in [3.8, 4) is 0 Å². The molecule has 0 heterocycles. The van der Waals surface area contributed by atoms with Crippen LogP contribution in [0.5, 0.6) is 0 Å². The first-order valence-corrected chi connectivity index (χ1v) is 6.28. The molecule has 0 aromatic carbocycles. The van der Waals surface area contributed by atoms with E-state index in [0.29, 0.717) is 12.0 Å². The van der Waals surface area contributed by atoms with Crippen molar-refractivity contribution >= 4 is 5.91 Å². The molecule has 92 valence electrons. The SMILES string of the molecule is CC(C)CNC(=O)C(C)NC1CC=CCC1. The number of amides is 1. The summed E-state index contributed by atoms with van der Waals surface area (Å²) >= 11 is 0. The Balaban J connectivity index is 2.25. The molecular formula is C13H24N2O. The smallest absolute Gasteiger partial charge is 0.236 e. The third kappa shape index (κ3) is 4.79.